The second-order valence-electron chi connectivity index (χ2n) is 6.62. The van der Waals surface area contributed by atoms with Crippen LogP contribution in [-0.4, -0.2) is 43.9 Å². The second kappa shape index (κ2) is 8.39. The van der Waals surface area contributed by atoms with Crippen molar-refractivity contribution in [3.8, 4) is 5.75 Å². The van der Waals surface area contributed by atoms with Gasteiger partial charge in [0, 0.05) is 18.7 Å². The number of amides is 1. The first-order valence-corrected chi connectivity index (χ1v) is 10.7. The lowest BCUT2D eigenvalue weighted by Crippen LogP contribution is -2.39. The van der Waals surface area contributed by atoms with Gasteiger partial charge >= 0.3 is 0 Å². The number of hydrogen-bond acceptors (Lipinski definition) is 4. The Hall–Kier alpha value is -2.60. The Kier molecular flexibility index (Phi) is 5.96. The van der Waals surface area contributed by atoms with Crippen molar-refractivity contribution in [2.75, 3.05) is 18.6 Å². The van der Waals surface area contributed by atoms with Crippen molar-refractivity contribution in [2.24, 2.45) is 0 Å². The van der Waals surface area contributed by atoms with Gasteiger partial charge in [0.05, 0.1) is 18.6 Å². The first-order valence-electron chi connectivity index (χ1n) is 8.84. The number of sulfone groups is 1. The second-order valence-corrected chi connectivity index (χ2v) is 8.85. The number of benzene rings is 2. The highest BCUT2D eigenvalue weighted by Gasteiger charge is 2.34. The molecule has 6 heteroatoms. The first kappa shape index (κ1) is 19.2. The van der Waals surface area contributed by atoms with E-state index in [9.17, 15) is 13.2 Å². The Morgan fingerprint density at radius 3 is 2.63 bits per heavy atom. The zero-order valence-electron chi connectivity index (χ0n) is 15.2. The Morgan fingerprint density at radius 2 is 1.96 bits per heavy atom. The summed E-state index contributed by atoms with van der Waals surface area (Å²) < 4.78 is 29.0. The predicted octanol–water partition coefficient (Wildman–Crippen LogP) is 2.92. The molecule has 0 aromatic heterocycles. The molecule has 1 unspecified atom stereocenters. The third kappa shape index (κ3) is 5.20. The predicted molar refractivity (Wildman–Crippen MR) is 106 cm³/mol. The maximum atomic E-state index is 12.9. The molecule has 1 saturated heterocycles. The summed E-state index contributed by atoms with van der Waals surface area (Å²) in [6.07, 6.45) is 3.71. The number of methoxy groups -OCH3 is 1. The standard InChI is InChI=1S/C21H23NO4S/c1-26-20-9-5-8-17(14-20)10-11-21(23)22(15-18-6-3-2-4-7-18)19-12-13-27(24,25)16-19/h2-11,14,19H,12-13,15-16H2,1H3/b11-10+. The summed E-state index contributed by atoms with van der Waals surface area (Å²) >= 11 is 0. The third-order valence-electron chi connectivity index (χ3n) is 4.64. The van der Waals surface area contributed by atoms with Crippen molar-refractivity contribution in [1.82, 2.24) is 4.90 Å². The molecule has 0 spiro atoms. The largest absolute Gasteiger partial charge is 0.497 e. The SMILES string of the molecule is COc1cccc(/C=C/C(=O)N(Cc2ccccc2)C2CCS(=O)(=O)C2)c1. The summed E-state index contributed by atoms with van der Waals surface area (Å²) in [7, 11) is -1.48. The fourth-order valence-corrected chi connectivity index (χ4v) is 4.93. The lowest BCUT2D eigenvalue weighted by atomic mass is 10.1. The minimum Gasteiger partial charge on any atom is -0.497 e. The highest BCUT2D eigenvalue weighted by molar-refractivity contribution is 7.91. The average Bonchev–Trinajstić information content (AvgIpc) is 3.04. The van der Waals surface area contributed by atoms with Crippen LogP contribution < -0.4 is 4.74 Å². The molecule has 1 fully saturated rings. The van der Waals surface area contributed by atoms with Crippen LogP contribution in [0.1, 0.15) is 17.5 Å². The molecular formula is C21H23NO4S. The van der Waals surface area contributed by atoms with Gasteiger partial charge in [-0.2, -0.15) is 0 Å². The van der Waals surface area contributed by atoms with Gasteiger partial charge in [-0.15, -0.1) is 0 Å². The van der Waals surface area contributed by atoms with Crippen LogP contribution in [0.2, 0.25) is 0 Å². The maximum Gasteiger partial charge on any atom is 0.247 e. The normalized spacial score (nSPS) is 18.5. The lowest BCUT2D eigenvalue weighted by molar-refractivity contribution is -0.128. The van der Waals surface area contributed by atoms with Gasteiger partial charge < -0.3 is 9.64 Å². The molecule has 5 nitrogen and oxygen atoms in total. The maximum absolute atomic E-state index is 12.9. The topological polar surface area (TPSA) is 63.7 Å². The summed E-state index contributed by atoms with van der Waals surface area (Å²) in [4.78, 5) is 14.5. The molecule has 0 bridgehead atoms. The highest BCUT2D eigenvalue weighted by Crippen LogP contribution is 2.21. The molecular weight excluding hydrogens is 362 g/mol. The molecule has 3 rings (SSSR count). The fraction of sp³-hybridized carbons (Fsp3) is 0.286. The van der Waals surface area contributed by atoms with Crippen molar-refractivity contribution in [3.05, 3.63) is 71.8 Å². The minimum atomic E-state index is -3.08. The Bertz CT molecular complexity index is 922. The summed E-state index contributed by atoms with van der Waals surface area (Å²) in [5, 5.41) is 0. The van der Waals surface area contributed by atoms with E-state index in [1.807, 2.05) is 54.6 Å². The summed E-state index contributed by atoms with van der Waals surface area (Å²) in [5.41, 5.74) is 1.83. The molecule has 142 valence electrons. The Labute approximate surface area is 160 Å². The van der Waals surface area contributed by atoms with Gasteiger partial charge in [-0.05, 0) is 35.8 Å². The van der Waals surface area contributed by atoms with Gasteiger partial charge in [-0.3, -0.25) is 4.79 Å². The van der Waals surface area contributed by atoms with Crippen LogP contribution in [0, 0.1) is 0 Å². The smallest absolute Gasteiger partial charge is 0.247 e. The number of rotatable bonds is 6. The molecule has 0 N–H and O–H groups in total. The third-order valence-corrected chi connectivity index (χ3v) is 6.39. The lowest BCUT2D eigenvalue weighted by Gasteiger charge is -2.27. The van der Waals surface area contributed by atoms with Crippen LogP contribution in [0.3, 0.4) is 0 Å². The van der Waals surface area contributed by atoms with Crippen LogP contribution in [0.25, 0.3) is 6.08 Å². The van der Waals surface area contributed by atoms with Gasteiger partial charge in [0.15, 0.2) is 9.84 Å². The van der Waals surface area contributed by atoms with Crippen LogP contribution in [0.4, 0.5) is 0 Å². The average molecular weight is 385 g/mol. The number of ether oxygens (including phenoxy) is 1. The van der Waals surface area contributed by atoms with E-state index in [-0.39, 0.29) is 23.5 Å². The molecule has 0 saturated carbocycles. The minimum absolute atomic E-state index is 0.0264. The van der Waals surface area contributed by atoms with Crippen molar-refractivity contribution in [3.63, 3.8) is 0 Å². The van der Waals surface area contributed by atoms with Crippen molar-refractivity contribution in [1.29, 1.82) is 0 Å². The van der Waals surface area contributed by atoms with Gasteiger partial charge in [-0.25, -0.2) is 8.42 Å². The molecule has 1 atom stereocenters. The van der Waals surface area contributed by atoms with Crippen LogP contribution >= 0.6 is 0 Å². The van der Waals surface area contributed by atoms with Crippen molar-refractivity contribution < 1.29 is 17.9 Å². The van der Waals surface area contributed by atoms with E-state index in [1.54, 1.807) is 18.1 Å². The summed E-state index contributed by atoms with van der Waals surface area (Å²) in [6.45, 7) is 0.391. The first-order chi connectivity index (χ1) is 13.0. The fourth-order valence-electron chi connectivity index (χ4n) is 3.20. The van der Waals surface area contributed by atoms with Crippen LogP contribution in [-0.2, 0) is 21.2 Å². The van der Waals surface area contributed by atoms with Gasteiger partial charge in [0.25, 0.3) is 0 Å². The molecule has 0 radical (unpaired) electrons. The summed E-state index contributed by atoms with van der Waals surface area (Å²) in [6, 6.07) is 16.7. The number of carbonyl (C=O) groups excluding carboxylic acids is 1. The molecule has 1 heterocycles. The molecule has 27 heavy (non-hydrogen) atoms. The summed E-state index contributed by atoms with van der Waals surface area (Å²) in [5.74, 6) is 0.686. The van der Waals surface area contributed by atoms with E-state index < -0.39 is 9.84 Å². The van der Waals surface area contributed by atoms with E-state index in [2.05, 4.69) is 0 Å². The van der Waals surface area contributed by atoms with E-state index in [4.69, 9.17) is 4.74 Å². The Morgan fingerprint density at radius 1 is 1.19 bits per heavy atom. The molecule has 0 aliphatic carbocycles. The number of carbonyl (C=O) groups is 1. The van der Waals surface area contributed by atoms with Gasteiger partial charge in [-0.1, -0.05) is 42.5 Å². The quantitative estimate of drug-likeness (QED) is 0.717. The van der Waals surface area contributed by atoms with E-state index in [1.165, 1.54) is 6.08 Å². The Balaban J connectivity index is 1.80. The van der Waals surface area contributed by atoms with Gasteiger partial charge in [0.1, 0.15) is 5.75 Å². The van der Waals surface area contributed by atoms with Crippen molar-refractivity contribution in [2.45, 2.75) is 19.0 Å². The monoisotopic (exact) mass is 385 g/mol. The molecule has 2 aromatic carbocycles. The van der Waals surface area contributed by atoms with E-state index >= 15 is 0 Å². The molecule has 1 amide bonds. The molecule has 2 aromatic rings. The molecule has 1 aliphatic rings. The number of nitrogens with zero attached hydrogens (tertiary/aromatic N) is 1. The zero-order valence-corrected chi connectivity index (χ0v) is 16.1. The van der Waals surface area contributed by atoms with Gasteiger partial charge in [0.2, 0.25) is 5.91 Å². The van der Waals surface area contributed by atoms with E-state index in [0.29, 0.717) is 18.7 Å². The zero-order chi connectivity index (χ0) is 19.3. The number of hydrogen-bond donors (Lipinski definition) is 0. The van der Waals surface area contributed by atoms with E-state index in [0.717, 1.165) is 11.1 Å². The van der Waals surface area contributed by atoms with Crippen LogP contribution in [0.5, 0.6) is 5.75 Å². The highest BCUT2D eigenvalue weighted by atomic mass is 32.2. The molecule has 1 aliphatic heterocycles. The van der Waals surface area contributed by atoms with Crippen LogP contribution in [0.15, 0.2) is 60.7 Å². The van der Waals surface area contributed by atoms with Crippen molar-refractivity contribution >= 4 is 21.8 Å².